The number of halogens is 4. The van der Waals surface area contributed by atoms with Crippen LogP contribution in [0.25, 0.3) is 17.2 Å². The van der Waals surface area contributed by atoms with Crippen molar-refractivity contribution in [3.8, 4) is 11.1 Å². The molecule has 0 aliphatic carbocycles. The smallest absolute Gasteiger partial charge is 0.433 e. The molecule has 0 unspecified atom stereocenters. The van der Waals surface area contributed by atoms with Gasteiger partial charge in [-0.15, -0.1) is 0 Å². The van der Waals surface area contributed by atoms with E-state index in [2.05, 4.69) is 20.3 Å². The van der Waals surface area contributed by atoms with E-state index in [0.29, 0.717) is 16.8 Å². The second kappa shape index (κ2) is 8.27. The Balaban J connectivity index is 1.87. The summed E-state index contributed by atoms with van der Waals surface area (Å²) in [6.07, 6.45) is -1.35. The van der Waals surface area contributed by atoms with E-state index in [-0.39, 0.29) is 11.6 Å². The zero-order valence-corrected chi connectivity index (χ0v) is 15.4. The Labute approximate surface area is 168 Å². The van der Waals surface area contributed by atoms with Gasteiger partial charge in [0.2, 0.25) is 11.8 Å². The maximum Gasteiger partial charge on any atom is 0.433 e. The minimum absolute atomic E-state index is 0.127. The fraction of sp³-hybridized carbons (Fsp3) is 0.100. The molecule has 154 valence electrons. The normalized spacial score (nSPS) is 12.0. The van der Waals surface area contributed by atoms with E-state index in [0.717, 1.165) is 23.9 Å². The topological polar surface area (TPSA) is 88.0 Å². The summed E-state index contributed by atoms with van der Waals surface area (Å²) in [6, 6.07) is 9.04. The fourth-order valence-electron chi connectivity index (χ4n) is 2.58. The Morgan fingerprint density at radius 2 is 1.87 bits per heavy atom. The molecule has 2 aromatic heterocycles. The molecule has 0 spiro atoms. The Morgan fingerprint density at radius 1 is 1.10 bits per heavy atom. The Hall–Kier alpha value is -3.82. The van der Waals surface area contributed by atoms with Crippen molar-refractivity contribution in [3.63, 3.8) is 0 Å². The summed E-state index contributed by atoms with van der Waals surface area (Å²) in [4.78, 5) is 21.8. The number of aliphatic carboxylic acids is 1. The molecule has 10 heteroatoms. The van der Waals surface area contributed by atoms with E-state index in [4.69, 9.17) is 5.11 Å². The summed E-state index contributed by atoms with van der Waals surface area (Å²) in [5, 5.41) is 11.3. The van der Waals surface area contributed by atoms with Gasteiger partial charge < -0.3 is 10.4 Å². The van der Waals surface area contributed by atoms with Gasteiger partial charge in [0.25, 0.3) is 0 Å². The highest BCUT2D eigenvalue weighted by atomic mass is 19.4. The first-order valence-corrected chi connectivity index (χ1v) is 8.48. The first-order chi connectivity index (χ1) is 14.1. The molecule has 0 saturated heterocycles. The summed E-state index contributed by atoms with van der Waals surface area (Å²) in [6.45, 7) is 1.80. The van der Waals surface area contributed by atoms with Crippen molar-refractivity contribution in [2.45, 2.75) is 13.1 Å². The van der Waals surface area contributed by atoms with Gasteiger partial charge in [0.15, 0.2) is 0 Å². The van der Waals surface area contributed by atoms with Gasteiger partial charge in [-0.3, -0.25) is 4.98 Å². The van der Waals surface area contributed by atoms with E-state index in [1.54, 1.807) is 25.1 Å². The monoisotopic (exact) mass is 418 g/mol. The lowest BCUT2D eigenvalue weighted by atomic mass is 10.0. The molecular formula is C20H14F4N4O2. The average Bonchev–Trinajstić information content (AvgIpc) is 2.67. The number of nitrogens with zero attached hydrogens (tertiary/aromatic N) is 3. The van der Waals surface area contributed by atoms with E-state index >= 15 is 0 Å². The summed E-state index contributed by atoms with van der Waals surface area (Å²) in [5.74, 6) is -3.23. The molecule has 6 nitrogen and oxygen atoms in total. The van der Waals surface area contributed by atoms with E-state index < -0.39 is 23.7 Å². The van der Waals surface area contributed by atoms with E-state index in [9.17, 15) is 22.4 Å². The van der Waals surface area contributed by atoms with Gasteiger partial charge in [0, 0.05) is 29.7 Å². The second-order valence-electron chi connectivity index (χ2n) is 6.25. The number of hydrogen-bond acceptors (Lipinski definition) is 5. The number of aryl methyl sites for hydroxylation is 1. The molecular weight excluding hydrogens is 404 g/mol. The number of carboxylic acid groups (broad SMARTS) is 1. The van der Waals surface area contributed by atoms with Crippen LogP contribution < -0.4 is 5.32 Å². The van der Waals surface area contributed by atoms with Crippen molar-refractivity contribution < 1.29 is 27.5 Å². The summed E-state index contributed by atoms with van der Waals surface area (Å²) in [5.41, 5.74) is 1.66. The van der Waals surface area contributed by atoms with Crippen molar-refractivity contribution >= 4 is 23.7 Å². The molecule has 2 heterocycles. The standard InChI is InChI=1S/C20H14F4N4O2/c1-11-6-13(12-2-3-14(26-10-12)9-16(21)18(29)30)8-15(7-11)27-19-25-5-4-17(28-19)20(22,23)24/h2-10H,1H3,(H,29,30)(H,25,27,28)/b16-9+. The third kappa shape index (κ3) is 5.16. The molecule has 1 aromatic carbocycles. The van der Waals surface area contributed by atoms with Crippen LogP contribution in [0.3, 0.4) is 0 Å². The van der Waals surface area contributed by atoms with Crippen LogP contribution in [-0.4, -0.2) is 26.0 Å². The predicted octanol–water partition coefficient (Wildman–Crippen LogP) is 5.00. The molecule has 0 aliphatic rings. The zero-order chi connectivity index (χ0) is 21.9. The number of pyridine rings is 1. The number of hydrogen-bond donors (Lipinski definition) is 2. The van der Waals surface area contributed by atoms with Crippen molar-refractivity contribution in [1.29, 1.82) is 0 Å². The molecule has 0 saturated carbocycles. The largest absolute Gasteiger partial charge is 0.476 e. The third-order valence-electron chi connectivity index (χ3n) is 3.88. The number of nitrogens with one attached hydrogen (secondary N) is 1. The predicted molar refractivity (Wildman–Crippen MR) is 101 cm³/mol. The van der Waals surface area contributed by atoms with Crippen molar-refractivity contribution in [2.24, 2.45) is 0 Å². The lowest BCUT2D eigenvalue weighted by Crippen LogP contribution is -2.10. The number of rotatable bonds is 5. The first-order valence-electron chi connectivity index (χ1n) is 8.48. The maximum absolute atomic E-state index is 13.2. The van der Waals surface area contributed by atoms with E-state index in [1.807, 2.05) is 6.07 Å². The van der Waals surface area contributed by atoms with Crippen molar-refractivity contribution in [1.82, 2.24) is 15.0 Å². The van der Waals surface area contributed by atoms with Crippen LogP contribution in [0.2, 0.25) is 0 Å². The molecule has 0 amide bonds. The highest BCUT2D eigenvalue weighted by Gasteiger charge is 2.32. The quantitative estimate of drug-likeness (QED) is 0.448. The highest BCUT2D eigenvalue weighted by molar-refractivity contribution is 5.89. The van der Waals surface area contributed by atoms with Gasteiger partial charge in [-0.1, -0.05) is 12.1 Å². The van der Waals surface area contributed by atoms with Crippen LogP contribution in [0, 0.1) is 6.92 Å². The first kappa shape index (κ1) is 20.9. The number of aromatic nitrogens is 3. The maximum atomic E-state index is 13.2. The van der Waals surface area contributed by atoms with Crippen LogP contribution in [0.1, 0.15) is 17.0 Å². The highest BCUT2D eigenvalue weighted by Crippen LogP contribution is 2.29. The van der Waals surface area contributed by atoms with Crippen LogP contribution in [-0.2, 0) is 11.0 Å². The number of alkyl halides is 3. The lowest BCUT2D eigenvalue weighted by molar-refractivity contribution is -0.141. The van der Waals surface area contributed by atoms with Crippen LogP contribution in [0.15, 0.2) is 54.6 Å². The molecule has 2 N–H and O–H groups in total. The Morgan fingerprint density at radius 3 is 2.50 bits per heavy atom. The molecule has 3 rings (SSSR count). The summed E-state index contributed by atoms with van der Waals surface area (Å²) >= 11 is 0. The number of benzene rings is 1. The molecule has 0 atom stereocenters. The molecule has 3 aromatic rings. The van der Waals surface area contributed by atoms with Gasteiger partial charge in [-0.25, -0.2) is 14.8 Å². The minimum Gasteiger partial charge on any atom is -0.476 e. The van der Waals surface area contributed by atoms with Crippen molar-refractivity contribution in [3.05, 3.63) is 71.6 Å². The number of carbonyl (C=O) groups is 1. The minimum atomic E-state index is -4.58. The summed E-state index contributed by atoms with van der Waals surface area (Å²) in [7, 11) is 0. The Kier molecular flexibility index (Phi) is 5.77. The average molecular weight is 418 g/mol. The molecule has 0 radical (unpaired) electrons. The number of anilines is 2. The molecule has 30 heavy (non-hydrogen) atoms. The Bertz CT molecular complexity index is 1110. The van der Waals surface area contributed by atoms with Crippen LogP contribution in [0.4, 0.5) is 29.2 Å². The van der Waals surface area contributed by atoms with Gasteiger partial charge in [0.1, 0.15) is 5.69 Å². The van der Waals surface area contributed by atoms with Gasteiger partial charge >= 0.3 is 12.1 Å². The summed E-state index contributed by atoms with van der Waals surface area (Å²) < 4.78 is 51.7. The van der Waals surface area contributed by atoms with Crippen LogP contribution in [0.5, 0.6) is 0 Å². The van der Waals surface area contributed by atoms with Gasteiger partial charge in [-0.05, 0) is 42.3 Å². The van der Waals surface area contributed by atoms with Gasteiger partial charge in [-0.2, -0.15) is 17.6 Å². The molecule has 0 aliphatic heterocycles. The third-order valence-corrected chi connectivity index (χ3v) is 3.88. The molecule has 0 fully saturated rings. The molecule has 0 bridgehead atoms. The lowest BCUT2D eigenvalue weighted by Gasteiger charge is -2.11. The van der Waals surface area contributed by atoms with E-state index in [1.165, 1.54) is 12.3 Å². The van der Waals surface area contributed by atoms with Crippen LogP contribution >= 0.6 is 0 Å². The van der Waals surface area contributed by atoms with Gasteiger partial charge in [0.05, 0.1) is 5.69 Å². The zero-order valence-electron chi connectivity index (χ0n) is 15.4. The SMILES string of the molecule is Cc1cc(Nc2nccc(C(F)(F)F)n2)cc(-c2ccc(/C=C(/F)C(=O)O)nc2)c1. The fourth-order valence-corrected chi connectivity index (χ4v) is 2.58. The number of carboxylic acids is 1. The van der Waals surface area contributed by atoms with Crippen molar-refractivity contribution in [2.75, 3.05) is 5.32 Å². The second-order valence-corrected chi connectivity index (χ2v) is 6.25.